The van der Waals surface area contributed by atoms with E-state index in [4.69, 9.17) is 18.9 Å². The number of ether oxygens (including phenoxy) is 4. The van der Waals surface area contributed by atoms with Crippen molar-refractivity contribution in [2.75, 3.05) is 34.5 Å². The number of pyridine rings is 1. The molecule has 1 heterocycles. The first-order valence-electron chi connectivity index (χ1n) is 7.76. The minimum Gasteiger partial charge on any atom is -0.496 e. The summed E-state index contributed by atoms with van der Waals surface area (Å²) < 4.78 is 21.6. The Balaban J connectivity index is 2.52. The van der Waals surface area contributed by atoms with Crippen LogP contribution in [-0.2, 0) is 18.0 Å². The van der Waals surface area contributed by atoms with E-state index in [0.717, 1.165) is 5.56 Å². The molecule has 136 valence electrons. The van der Waals surface area contributed by atoms with Crippen LogP contribution >= 0.6 is 0 Å². The fourth-order valence-electron chi connectivity index (χ4n) is 2.45. The monoisotopic (exact) mass is 349 g/mol. The van der Waals surface area contributed by atoms with Gasteiger partial charge in [-0.15, -0.1) is 0 Å². The number of methoxy groups -OCH3 is 3. The second kappa shape index (κ2) is 9.22. The van der Waals surface area contributed by atoms with Crippen molar-refractivity contribution in [3.05, 3.63) is 35.7 Å². The van der Waals surface area contributed by atoms with Crippen molar-refractivity contribution >= 4 is 0 Å². The quantitative estimate of drug-likeness (QED) is 0.667. The summed E-state index contributed by atoms with van der Waals surface area (Å²) in [4.78, 5) is 4.15. The molecule has 2 aromatic rings. The molecule has 7 heteroatoms. The summed E-state index contributed by atoms with van der Waals surface area (Å²) in [6, 6.07) is 6.96. The van der Waals surface area contributed by atoms with Gasteiger partial charge in [-0.2, -0.15) is 0 Å². The zero-order valence-corrected chi connectivity index (χ0v) is 14.6. The van der Waals surface area contributed by atoms with Gasteiger partial charge in [0.25, 0.3) is 0 Å². The molecule has 0 aliphatic rings. The van der Waals surface area contributed by atoms with Crippen LogP contribution in [0.1, 0.15) is 11.4 Å². The molecule has 1 aromatic heterocycles. The van der Waals surface area contributed by atoms with Gasteiger partial charge in [-0.05, 0) is 17.7 Å². The van der Waals surface area contributed by atoms with Crippen LogP contribution in [0.5, 0.6) is 17.2 Å². The molecule has 0 radical (unpaired) electrons. The third kappa shape index (κ3) is 4.60. The third-order valence-electron chi connectivity index (χ3n) is 3.58. The molecule has 1 aromatic carbocycles. The van der Waals surface area contributed by atoms with Crippen LogP contribution < -0.4 is 14.2 Å². The summed E-state index contributed by atoms with van der Waals surface area (Å²) >= 11 is 0. The predicted octanol–water partition coefficient (Wildman–Crippen LogP) is 1.78. The lowest BCUT2D eigenvalue weighted by molar-refractivity contribution is 0.146. The van der Waals surface area contributed by atoms with Gasteiger partial charge in [-0.3, -0.25) is 4.98 Å². The summed E-state index contributed by atoms with van der Waals surface area (Å²) in [6.07, 6.45) is 0. The topological polar surface area (TPSA) is 90.3 Å². The molecular weight excluding hydrogens is 326 g/mol. The maximum Gasteiger partial charge on any atom is 0.134 e. The lowest BCUT2D eigenvalue weighted by Crippen LogP contribution is -2.05. The summed E-state index contributed by atoms with van der Waals surface area (Å²) in [7, 11) is 4.71. The Morgan fingerprint density at radius 3 is 1.84 bits per heavy atom. The van der Waals surface area contributed by atoms with E-state index in [-0.39, 0.29) is 13.2 Å². The zero-order valence-electron chi connectivity index (χ0n) is 14.6. The van der Waals surface area contributed by atoms with Gasteiger partial charge in [0.15, 0.2) is 0 Å². The fraction of sp³-hybridized carbons (Fsp3) is 0.389. The van der Waals surface area contributed by atoms with Crippen molar-refractivity contribution in [2.45, 2.75) is 13.2 Å². The first kappa shape index (κ1) is 19.0. The van der Waals surface area contributed by atoms with Crippen LogP contribution in [0.15, 0.2) is 24.3 Å². The first-order valence-corrected chi connectivity index (χ1v) is 7.76. The number of nitrogens with zero attached hydrogens (tertiary/aromatic N) is 1. The molecule has 0 aliphatic carbocycles. The highest BCUT2D eigenvalue weighted by Crippen LogP contribution is 2.42. The van der Waals surface area contributed by atoms with E-state index in [1.54, 1.807) is 45.6 Å². The Morgan fingerprint density at radius 2 is 1.40 bits per heavy atom. The Bertz CT molecular complexity index is 657. The van der Waals surface area contributed by atoms with E-state index in [2.05, 4.69) is 4.98 Å². The second-order valence-electron chi connectivity index (χ2n) is 5.20. The number of benzene rings is 1. The summed E-state index contributed by atoms with van der Waals surface area (Å²) in [5.74, 6) is 1.69. The van der Waals surface area contributed by atoms with Gasteiger partial charge in [-0.1, -0.05) is 0 Å². The number of hydrogen-bond acceptors (Lipinski definition) is 7. The molecule has 0 fully saturated rings. The highest BCUT2D eigenvalue weighted by molar-refractivity contribution is 5.78. The lowest BCUT2D eigenvalue weighted by atomic mass is 10.0. The van der Waals surface area contributed by atoms with Gasteiger partial charge in [0, 0.05) is 19.2 Å². The number of aromatic nitrogens is 1. The molecule has 7 nitrogen and oxygen atoms in total. The van der Waals surface area contributed by atoms with Crippen molar-refractivity contribution < 1.29 is 29.2 Å². The van der Waals surface area contributed by atoms with Gasteiger partial charge < -0.3 is 29.2 Å². The molecule has 0 aliphatic heterocycles. The molecular formula is C18H23NO6. The number of aliphatic hydroxyl groups is 2. The molecule has 0 unspecified atom stereocenters. The average Bonchev–Trinajstić information content (AvgIpc) is 2.66. The highest BCUT2D eigenvalue weighted by Gasteiger charge is 2.17. The normalized spacial score (nSPS) is 10.6. The molecule has 0 amide bonds. The Kier molecular flexibility index (Phi) is 7.00. The molecule has 2 rings (SSSR count). The minimum absolute atomic E-state index is 0.232. The van der Waals surface area contributed by atoms with Gasteiger partial charge in [-0.25, -0.2) is 0 Å². The van der Waals surface area contributed by atoms with E-state index in [9.17, 15) is 10.2 Å². The van der Waals surface area contributed by atoms with Gasteiger partial charge in [0.1, 0.15) is 23.9 Å². The van der Waals surface area contributed by atoms with Crippen LogP contribution in [0.2, 0.25) is 0 Å². The molecule has 0 atom stereocenters. The molecule has 0 saturated heterocycles. The van der Waals surface area contributed by atoms with Crippen LogP contribution in [-0.4, -0.2) is 49.7 Å². The second-order valence-corrected chi connectivity index (χ2v) is 5.20. The number of rotatable bonds is 9. The van der Waals surface area contributed by atoms with Crippen molar-refractivity contribution in [3.8, 4) is 28.4 Å². The standard InChI is InChI=1S/C18H23NO6/c1-22-4-5-25-15-8-16(23-2)18(17(9-15)24-3)12-6-13(10-20)19-14(7-12)11-21/h6-9,20-21H,4-5,10-11H2,1-3H3. The van der Waals surface area contributed by atoms with E-state index in [1.165, 1.54) is 0 Å². The Morgan fingerprint density at radius 1 is 0.840 bits per heavy atom. The van der Waals surface area contributed by atoms with Crippen molar-refractivity contribution in [1.29, 1.82) is 0 Å². The summed E-state index contributed by atoms with van der Waals surface area (Å²) in [5, 5.41) is 18.8. The molecule has 0 bridgehead atoms. The average molecular weight is 349 g/mol. The zero-order chi connectivity index (χ0) is 18.2. The van der Waals surface area contributed by atoms with Gasteiger partial charge >= 0.3 is 0 Å². The molecule has 25 heavy (non-hydrogen) atoms. The van der Waals surface area contributed by atoms with Gasteiger partial charge in [0.05, 0.1) is 51.0 Å². The predicted molar refractivity (Wildman–Crippen MR) is 92.0 cm³/mol. The van der Waals surface area contributed by atoms with Crippen molar-refractivity contribution in [1.82, 2.24) is 4.98 Å². The maximum atomic E-state index is 9.41. The van der Waals surface area contributed by atoms with Crippen LogP contribution in [0, 0.1) is 0 Å². The maximum absolute atomic E-state index is 9.41. The van der Waals surface area contributed by atoms with Crippen LogP contribution in [0.3, 0.4) is 0 Å². The SMILES string of the molecule is COCCOc1cc(OC)c(-c2cc(CO)nc(CO)c2)c(OC)c1. The van der Waals surface area contributed by atoms with Crippen LogP contribution in [0.4, 0.5) is 0 Å². The van der Waals surface area contributed by atoms with E-state index < -0.39 is 0 Å². The molecule has 2 N–H and O–H groups in total. The first-order chi connectivity index (χ1) is 12.2. The number of aliphatic hydroxyl groups excluding tert-OH is 2. The Hall–Kier alpha value is -2.35. The largest absolute Gasteiger partial charge is 0.496 e. The van der Waals surface area contributed by atoms with Crippen LogP contribution in [0.25, 0.3) is 11.1 Å². The minimum atomic E-state index is -0.232. The third-order valence-corrected chi connectivity index (χ3v) is 3.58. The highest BCUT2D eigenvalue weighted by atomic mass is 16.5. The van der Waals surface area contributed by atoms with E-state index >= 15 is 0 Å². The smallest absolute Gasteiger partial charge is 0.134 e. The fourth-order valence-corrected chi connectivity index (χ4v) is 2.45. The molecule has 0 saturated carbocycles. The summed E-state index contributed by atoms with van der Waals surface area (Å²) in [6.45, 7) is 0.407. The molecule has 0 spiro atoms. The summed E-state index contributed by atoms with van der Waals surface area (Å²) in [5.41, 5.74) is 2.31. The Labute approximate surface area is 146 Å². The number of hydrogen-bond donors (Lipinski definition) is 2. The van der Waals surface area contributed by atoms with Gasteiger partial charge in [0.2, 0.25) is 0 Å². The lowest BCUT2D eigenvalue weighted by Gasteiger charge is -2.17. The van der Waals surface area contributed by atoms with E-state index in [0.29, 0.717) is 47.4 Å². The van der Waals surface area contributed by atoms with Crippen molar-refractivity contribution in [2.24, 2.45) is 0 Å². The van der Waals surface area contributed by atoms with Crippen molar-refractivity contribution in [3.63, 3.8) is 0 Å². The van der Waals surface area contributed by atoms with E-state index in [1.807, 2.05) is 0 Å².